The molecule has 0 radical (unpaired) electrons. The first-order chi connectivity index (χ1) is 10.3. The van der Waals surface area contributed by atoms with Gasteiger partial charge in [-0.25, -0.2) is 4.48 Å². The molecule has 0 amide bonds. The monoisotopic (exact) mass is 284 g/mol. The fourth-order valence-electron chi connectivity index (χ4n) is 6.59. The molecule has 1 unspecified atom stereocenters. The fourth-order valence-corrected chi connectivity index (χ4v) is 6.59. The van der Waals surface area contributed by atoms with Crippen LogP contribution in [0.1, 0.15) is 51.4 Å². The minimum absolute atomic E-state index is 0.464. The SMILES string of the molecule is C1=CC[N+]2(C34CC5CC(CC(C5)C3)C4)CN=N/C2=C/CC1. The number of quaternary nitrogens is 1. The van der Waals surface area contributed by atoms with Crippen molar-refractivity contribution in [2.45, 2.75) is 56.9 Å². The second-order valence-electron chi connectivity index (χ2n) is 8.29. The molecule has 4 bridgehead atoms. The molecule has 4 aliphatic carbocycles. The Bertz CT molecular complexity index is 509. The van der Waals surface area contributed by atoms with Crippen LogP contribution < -0.4 is 0 Å². The van der Waals surface area contributed by atoms with Crippen LogP contribution in [0.3, 0.4) is 0 Å². The van der Waals surface area contributed by atoms with Crippen molar-refractivity contribution < 1.29 is 4.48 Å². The lowest BCUT2D eigenvalue weighted by Crippen LogP contribution is -2.68. The van der Waals surface area contributed by atoms with Gasteiger partial charge in [0.15, 0.2) is 6.67 Å². The number of azo groups is 1. The van der Waals surface area contributed by atoms with Crippen LogP contribution in [-0.2, 0) is 0 Å². The molecule has 0 saturated heterocycles. The number of rotatable bonds is 1. The highest BCUT2D eigenvalue weighted by Crippen LogP contribution is 2.61. The number of fused-ring (bicyclic) bond motifs is 1. The molecule has 112 valence electrons. The van der Waals surface area contributed by atoms with E-state index in [9.17, 15) is 0 Å². The summed E-state index contributed by atoms with van der Waals surface area (Å²) >= 11 is 0. The Morgan fingerprint density at radius 1 is 0.952 bits per heavy atom. The Morgan fingerprint density at radius 2 is 1.67 bits per heavy atom. The summed E-state index contributed by atoms with van der Waals surface area (Å²) < 4.78 is 1.08. The number of hydrogen-bond donors (Lipinski definition) is 0. The van der Waals surface area contributed by atoms with Crippen LogP contribution in [0.2, 0.25) is 0 Å². The van der Waals surface area contributed by atoms with Gasteiger partial charge in [0.1, 0.15) is 12.1 Å². The molecule has 4 fully saturated rings. The van der Waals surface area contributed by atoms with Crippen LogP contribution in [0.5, 0.6) is 0 Å². The third-order valence-corrected chi connectivity index (χ3v) is 7.07. The lowest BCUT2D eigenvalue weighted by Gasteiger charge is -2.62. The number of allylic oxidation sites excluding steroid dienone is 2. The largest absolute Gasteiger partial charge is 0.246 e. The lowest BCUT2D eigenvalue weighted by atomic mass is 9.52. The lowest BCUT2D eigenvalue weighted by molar-refractivity contribution is -0.938. The zero-order chi connectivity index (χ0) is 13.9. The summed E-state index contributed by atoms with van der Waals surface area (Å²) in [5.74, 6) is 4.31. The van der Waals surface area contributed by atoms with Crippen molar-refractivity contribution in [3.63, 3.8) is 0 Å². The molecule has 3 heteroatoms. The number of hydrogen-bond acceptors (Lipinski definition) is 2. The van der Waals surface area contributed by atoms with E-state index in [1.807, 2.05) is 0 Å². The van der Waals surface area contributed by atoms with Gasteiger partial charge >= 0.3 is 0 Å². The van der Waals surface area contributed by atoms with Crippen molar-refractivity contribution in [3.05, 3.63) is 24.0 Å². The van der Waals surface area contributed by atoms with E-state index < -0.39 is 0 Å². The van der Waals surface area contributed by atoms with Gasteiger partial charge in [0.25, 0.3) is 0 Å². The standard InChI is InChI=1S/C18H26N3/c1-2-4-6-21(13-19-20-17(21)5-3-1)18-10-14-7-15(11-18)9-16(8-14)12-18/h2,4-5,14-16H,1,3,6-13H2/q+1/b4-2?,17-5-. The molecule has 2 heterocycles. The van der Waals surface area contributed by atoms with Crippen molar-refractivity contribution >= 4 is 0 Å². The van der Waals surface area contributed by atoms with Gasteiger partial charge in [-0.05, 0) is 62.0 Å². The third kappa shape index (κ3) is 1.64. The minimum Gasteiger partial charge on any atom is -0.246 e. The molecular weight excluding hydrogens is 258 g/mol. The molecule has 0 aromatic rings. The molecule has 0 N–H and O–H groups in total. The van der Waals surface area contributed by atoms with Gasteiger partial charge in [0.2, 0.25) is 5.82 Å². The average molecular weight is 284 g/mol. The van der Waals surface area contributed by atoms with E-state index in [1.165, 1.54) is 50.8 Å². The van der Waals surface area contributed by atoms with E-state index in [-0.39, 0.29) is 0 Å². The van der Waals surface area contributed by atoms with Crippen LogP contribution in [-0.4, -0.2) is 23.2 Å². The second-order valence-corrected chi connectivity index (χ2v) is 8.29. The first-order valence-electron chi connectivity index (χ1n) is 8.90. The maximum Gasteiger partial charge on any atom is 0.244 e. The summed E-state index contributed by atoms with van der Waals surface area (Å²) in [5, 5.41) is 9.15. The highest BCUT2D eigenvalue weighted by atomic mass is 15.6. The average Bonchev–Trinajstić information content (AvgIpc) is 2.81. The Labute approximate surface area is 127 Å². The first kappa shape index (κ1) is 12.6. The van der Waals surface area contributed by atoms with E-state index in [0.717, 1.165) is 41.9 Å². The fraction of sp³-hybridized carbons (Fsp3) is 0.778. The maximum absolute atomic E-state index is 4.61. The van der Waals surface area contributed by atoms with Gasteiger partial charge in [-0.1, -0.05) is 11.2 Å². The van der Waals surface area contributed by atoms with Gasteiger partial charge in [-0.15, -0.1) is 5.11 Å². The smallest absolute Gasteiger partial charge is 0.244 e. The van der Waals surface area contributed by atoms with Gasteiger partial charge in [0, 0.05) is 19.3 Å². The van der Waals surface area contributed by atoms with E-state index in [1.54, 1.807) is 0 Å². The van der Waals surface area contributed by atoms with Crippen LogP contribution in [0.15, 0.2) is 34.3 Å². The van der Waals surface area contributed by atoms with Crippen LogP contribution in [0.4, 0.5) is 0 Å². The normalized spacial score (nSPS) is 53.1. The highest BCUT2D eigenvalue weighted by molar-refractivity contribution is 5.10. The van der Waals surface area contributed by atoms with Crippen LogP contribution >= 0.6 is 0 Å². The topological polar surface area (TPSA) is 24.7 Å². The highest BCUT2D eigenvalue weighted by Gasteiger charge is 2.63. The molecule has 0 aromatic heterocycles. The van der Waals surface area contributed by atoms with E-state index in [4.69, 9.17) is 0 Å². The second kappa shape index (κ2) is 4.28. The summed E-state index contributed by atoms with van der Waals surface area (Å²) in [4.78, 5) is 0. The molecular formula is C18H26N3+. The van der Waals surface area contributed by atoms with Gasteiger partial charge in [-0.3, -0.25) is 0 Å². The Hall–Kier alpha value is -0.960. The molecule has 0 spiro atoms. The molecule has 3 nitrogen and oxygen atoms in total. The molecule has 0 aromatic carbocycles. The molecule has 21 heavy (non-hydrogen) atoms. The summed E-state index contributed by atoms with van der Waals surface area (Å²) in [6.07, 6.45) is 18.4. The van der Waals surface area contributed by atoms with Crippen LogP contribution in [0, 0.1) is 17.8 Å². The Morgan fingerprint density at radius 3 is 2.38 bits per heavy atom. The summed E-state index contributed by atoms with van der Waals surface area (Å²) in [5.41, 5.74) is 0.464. The molecule has 6 rings (SSSR count). The maximum atomic E-state index is 4.61. The van der Waals surface area contributed by atoms with E-state index >= 15 is 0 Å². The van der Waals surface area contributed by atoms with Crippen molar-refractivity contribution in [2.75, 3.05) is 13.2 Å². The van der Waals surface area contributed by atoms with Crippen molar-refractivity contribution in [2.24, 2.45) is 28.0 Å². The number of nitrogens with zero attached hydrogens (tertiary/aromatic N) is 3. The predicted molar refractivity (Wildman–Crippen MR) is 82.2 cm³/mol. The van der Waals surface area contributed by atoms with Crippen molar-refractivity contribution in [1.29, 1.82) is 0 Å². The summed E-state index contributed by atoms with van der Waals surface area (Å²) in [6, 6.07) is 0. The molecule has 4 saturated carbocycles. The summed E-state index contributed by atoms with van der Waals surface area (Å²) in [6.45, 7) is 2.04. The van der Waals surface area contributed by atoms with Gasteiger partial charge < -0.3 is 0 Å². The molecule has 2 aliphatic heterocycles. The quantitative estimate of drug-likeness (QED) is 0.504. The predicted octanol–water partition coefficient (Wildman–Crippen LogP) is 4.39. The summed E-state index contributed by atoms with van der Waals surface area (Å²) in [7, 11) is 0. The van der Waals surface area contributed by atoms with Crippen LogP contribution in [0.25, 0.3) is 0 Å². The van der Waals surface area contributed by atoms with Crippen molar-refractivity contribution in [1.82, 2.24) is 0 Å². The molecule has 6 aliphatic rings. The van der Waals surface area contributed by atoms with Gasteiger partial charge in [0.05, 0.1) is 0 Å². The zero-order valence-electron chi connectivity index (χ0n) is 12.9. The van der Waals surface area contributed by atoms with Crippen molar-refractivity contribution in [3.8, 4) is 0 Å². The van der Waals surface area contributed by atoms with Gasteiger partial charge in [-0.2, -0.15) is 0 Å². The first-order valence-corrected chi connectivity index (χ1v) is 8.90. The Balaban J connectivity index is 1.61. The van der Waals surface area contributed by atoms with E-state index in [0.29, 0.717) is 5.54 Å². The van der Waals surface area contributed by atoms with E-state index in [2.05, 4.69) is 28.5 Å². The zero-order valence-corrected chi connectivity index (χ0v) is 12.9. The molecule has 1 atom stereocenters. The minimum atomic E-state index is 0.464. The third-order valence-electron chi connectivity index (χ3n) is 7.07. The Kier molecular flexibility index (Phi) is 2.56.